The molecule has 0 radical (unpaired) electrons. The number of anilines is 1. The second-order valence-electron chi connectivity index (χ2n) is 4.45. The van der Waals surface area contributed by atoms with E-state index in [2.05, 4.69) is 5.32 Å². The minimum atomic E-state index is -0.342. The van der Waals surface area contributed by atoms with E-state index >= 15 is 0 Å². The van der Waals surface area contributed by atoms with Crippen molar-refractivity contribution < 1.29 is 14.0 Å². The van der Waals surface area contributed by atoms with Gasteiger partial charge in [-0.2, -0.15) is 0 Å². The molecule has 92 valence electrons. The van der Waals surface area contributed by atoms with Crippen LogP contribution in [0.5, 0.6) is 0 Å². The van der Waals surface area contributed by atoms with Crippen molar-refractivity contribution >= 4 is 28.5 Å². The molecule has 2 amide bonds. The van der Waals surface area contributed by atoms with E-state index in [-0.39, 0.29) is 17.7 Å². The van der Waals surface area contributed by atoms with Crippen LogP contribution in [0.3, 0.4) is 0 Å². The molecular formula is C13H12N2O3. The number of carbonyl (C=O) groups is 2. The summed E-state index contributed by atoms with van der Waals surface area (Å²) >= 11 is 0. The number of hydrogen-bond donors (Lipinski definition) is 2. The normalized spacial score (nSPS) is 20.1. The third-order valence-electron chi connectivity index (χ3n) is 3.24. The summed E-state index contributed by atoms with van der Waals surface area (Å²) in [4.78, 5) is 23.0. The van der Waals surface area contributed by atoms with Gasteiger partial charge in [-0.15, -0.1) is 0 Å². The molecule has 5 heteroatoms. The summed E-state index contributed by atoms with van der Waals surface area (Å²) in [5.74, 6) is -0.828. The molecule has 3 N–H and O–H groups in total. The van der Waals surface area contributed by atoms with Gasteiger partial charge < -0.3 is 10.2 Å². The summed E-state index contributed by atoms with van der Waals surface area (Å²) in [5, 5.41) is 3.18. The van der Waals surface area contributed by atoms with Crippen LogP contribution in [0.25, 0.3) is 11.0 Å². The molecule has 1 fully saturated rings. The van der Waals surface area contributed by atoms with Crippen molar-refractivity contribution in [3.63, 3.8) is 0 Å². The van der Waals surface area contributed by atoms with Gasteiger partial charge in [0, 0.05) is 23.1 Å². The first kappa shape index (κ1) is 10.8. The third kappa shape index (κ3) is 1.64. The van der Waals surface area contributed by atoms with Gasteiger partial charge in [0.25, 0.3) is 0 Å². The second-order valence-corrected chi connectivity index (χ2v) is 4.45. The van der Waals surface area contributed by atoms with Gasteiger partial charge in [-0.3, -0.25) is 14.9 Å². The van der Waals surface area contributed by atoms with Gasteiger partial charge in [0.15, 0.2) is 0 Å². The van der Waals surface area contributed by atoms with E-state index in [9.17, 15) is 9.59 Å². The fourth-order valence-corrected chi connectivity index (χ4v) is 2.33. The van der Waals surface area contributed by atoms with Crippen LogP contribution in [0.1, 0.15) is 24.3 Å². The molecule has 1 aromatic heterocycles. The molecular weight excluding hydrogens is 232 g/mol. The summed E-state index contributed by atoms with van der Waals surface area (Å²) in [7, 11) is 0. The maximum absolute atomic E-state index is 11.8. The van der Waals surface area contributed by atoms with Crippen molar-refractivity contribution in [1.82, 2.24) is 5.32 Å². The number of furan rings is 1. The highest BCUT2D eigenvalue weighted by Crippen LogP contribution is 2.33. The molecule has 3 rings (SSSR count). The molecule has 1 aromatic carbocycles. The largest absolute Gasteiger partial charge is 0.464 e. The Kier molecular flexibility index (Phi) is 2.33. The number of fused-ring (bicyclic) bond motifs is 1. The molecule has 18 heavy (non-hydrogen) atoms. The van der Waals surface area contributed by atoms with Crippen molar-refractivity contribution in [3.8, 4) is 0 Å². The molecule has 1 saturated heterocycles. The van der Waals surface area contributed by atoms with Crippen LogP contribution in [-0.2, 0) is 9.59 Å². The predicted octanol–water partition coefficient (Wildman–Crippen LogP) is 1.54. The lowest BCUT2D eigenvalue weighted by molar-refractivity contribution is -0.134. The first-order valence-corrected chi connectivity index (χ1v) is 5.75. The second kappa shape index (κ2) is 3.87. The Labute approximate surface area is 103 Å². The number of rotatable bonds is 1. The number of nitrogens with one attached hydrogen (secondary N) is 1. The van der Waals surface area contributed by atoms with Crippen LogP contribution >= 0.6 is 0 Å². The molecule has 0 saturated carbocycles. The highest BCUT2D eigenvalue weighted by Gasteiger charge is 2.30. The van der Waals surface area contributed by atoms with Crippen molar-refractivity contribution in [2.75, 3.05) is 5.73 Å². The SMILES string of the molecule is Nc1ccc2occ(C3CCC(=O)NC3=O)c2c1. The standard InChI is InChI=1S/C13H12N2O3/c14-7-1-3-11-9(5-7)10(6-18-11)8-2-4-12(16)15-13(8)17/h1,3,5-6,8H,2,4,14H2,(H,15,16,17). The lowest BCUT2D eigenvalue weighted by Gasteiger charge is -2.19. The molecule has 2 heterocycles. The predicted molar refractivity (Wildman–Crippen MR) is 65.8 cm³/mol. The number of amides is 2. The molecule has 0 aliphatic carbocycles. The Balaban J connectivity index is 2.06. The van der Waals surface area contributed by atoms with Gasteiger partial charge >= 0.3 is 0 Å². The number of benzene rings is 1. The van der Waals surface area contributed by atoms with E-state index in [1.165, 1.54) is 0 Å². The summed E-state index contributed by atoms with van der Waals surface area (Å²) in [6, 6.07) is 5.32. The van der Waals surface area contributed by atoms with Gasteiger partial charge in [-0.1, -0.05) is 0 Å². The fourth-order valence-electron chi connectivity index (χ4n) is 2.33. The van der Waals surface area contributed by atoms with E-state index in [1.54, 1.807) is 24.5 Å². The zero-order chi connectivity index (χ0) is 12.7. The Hall–Kier alpha value is -2.30. The minimum absolute atomic E-state index is 0.219. The van der Waals surface area contributed by atoms with Gasteiger partial charge in [0.05, 0.1) is 12.2 Å². The van der Waals surface area contributed by atoms with Crippen LogP contribution in [-0.4, -0.2) is 11.8 Å². The van der Waals surface area contributed by atoms with Crippen molar-refractivity contribution in [3.05, 3.63) is 30.0 Å². The van der Waals surface area contributed by atoms with Crippen LogP contribution in [0, 0.1) is 0 Å². The van der Waals surface area contributed by atoms with E-state index < -0.39 is 0 Å². The molecule has 0 spiro atoms. The highest BCUT2D eigenvalue weighted by molar-refractivity contribution is 6.02. The fraction of sp³-hybridized carbons (Fsp3) is 0.231. The van der Waals surface area contributed by atoms with Gasteiger partial charge in [-0.05, 0) is 24.6 Å². The summed E-state index contributed by atoms with van der Waals surface area (Å²) in [6.45, 7) is 0. The topological polar surface area (TPSA) is 85.3 Å². The number of hydrogen-bond acceptors (Lipinski definition) is 4. The first-order valence-electron chi connectivity index (χ1n) is 5.75. The molecule has 2 aromatic rings. The van der Waals surface area contributed by atoms with E-state index in [0.717, 1.165) is 10.9 Å². The van der Waals surface area contributed by atoms with Crippen molar-refractivity contribution in [1.29, 1.82) is 0 Å². The molecule has 5 nitrogen and oxygen atoms in total. The summed E-state index contributed by atoms with van der Waals surface area (Å²) < 4.78 is 5.41. The highest BCUT2D eigenvalue weighted by atomic mass is 16.3. The average molecular weight is 244 g/mol. The van der Waals surface area contributed by atoms with Gasteiger partial charge in [0.1, 0.15) is 5.58 Å². The zero-order valence-electron chi connectivity index (χ0n) is 9.60. The van der Waals surface area contributed by atoms with Crippen LogP contribution in [0.2, 0.25) is 0 Å². The molecule has 0 bridgehead atoms. The molecule has 1 aliphatic heterocycles. The van der Waals surface area contributed by atoms with Crippen molar-refractivity contribution in [2.45, 2.75) is 18.8 Å². The van der Waals surface area contributed by atoms with E-state index in [1.807, 2.05) is 0 Å². The third-order valence-corrected chi connectivity index (χ3v) is 3.24. The first-order chi connectivity index (χ1) is 8.65. The molecule has 1 aliphatic rings. The van der Waals surface area contributed by atoms with E-state index in [0.29, 0.717) is 24.1 Å². The Morgan fingerprint density at radius 3 is 2.94 bits per heavy atom. The number of piperidine rings is 1. The smallest absolute Gasteiger partial charge is 0.234 e. The number of nitrogens with two attached hydrogens (primary N) is 1. The van der Waals surface area contributed by atoms with Crippen molar-refractivity contribution in [2.24, 2.45) is 0 Å². The Bertz CT molecular complexity index is 645. The van der Waals surface area contributed by atoms with Crippen LogP contribution in [0.15, 0.2) is 28.9 Å². The number of nitrogen functional groups attached to an aromatic ring is 1. The quantitative estimate of drug-likeness (QED) is 0.588. The van der Waals surface area contributed by atoms with E-state index in [4.69, 9.17) is 10.2 Å². The number of carbonyl (C=O) groups excluding carboxylic acids is 2. The lowest BCUT2D eigenvalue weighted by Crippen LogP contribution is -2.39. The Morgan fingerprint density at radius 2 is 2.17 bits per heavy atom. The Morgan fingerprint density at radius 1 is 1.33 bits per heavy atom. The van der Waals surface area contributed by atoms with Crippen LogP contribution < -0.4 is 11.1 Å². The number of imide groups is 1. The summed E-state index contributed by atoms with van der Waals surface area (Å²) in [5.41, 5.74) is 7.86. The van der Waals surface area contributed by atoms with Gasteiger partial charge in [0.2, 0.25) is 11.8 Å². The molecule has 1 atom stereocenters. The average Bonchev–Trinajstić information content (AvgIpc) is 2.72. The van der Waals surface area contributed by atoms with Gasteiger partial charge in [-0.25, -0.2) is 0 Å². The lowest BCUT2D eigenvalue weighted by atomic mass is 9.90. The van der Waals surface area contributed by atoms with Crippen LogP contribution in [0.4, 0.5) is 5.69 Å². The maximum atomic E-state index is 11.8. The maximum Gasteiger partial charge on any atom is 0.234 e. The summed E-state index contributed by atoms with van der Waals surface area (Å²) in [6.07, 6.45) is 2.43. The zero-order valence-corrected chi connectivity index (χ0v) is 9.60. The molecule has 1 unspecified atom stereocenters. The minimum Gasteiger partial charge on any atom is -0.464 e. The monoisotopic (exact) mass is 244 g/mol.